The number of likely N-dealkylation sites (N-methyl/N-ethyl adjacent to an activating group) is 1. The van der Waals surface area contributed by atoms with Gasteiger partial charge in [0.05, 0.1) is 33.7 Å². The number of aryl methyl sites for hydroxylation is 1. The Kier molecular flexibility index (Phi) is 7.93. The highest BCUT2D eigenvalue weighted by molar-refractivity contribution is 7.09. The summed E-state index contributed by atoms with van der Waals surface area (Å²) in [6, 6.07) is 18.6. The van der Waals surface area contributed by atoms with Gasteiger partial charge in [-0.25, -0.2) is 4.98 Å². The van der Waals surface area contributed by atoms with Crippen LogP contribution >= 0.6 is 11.5 Å². The number of aromatic nitrogens is 2. The van der Waals surface area contributed by atoms with Crippen molar-refractivity contribution in [2.75, 3.05) is 38.6 Å². The van der Waals surface area contributed by atoms with Gasteiger partial charge in [0.2, 0.25) is 11.0 Å². The Hall–Kier alpha value is -2.77. The van der Waals surface area contributed by atoms with Gasteiger partial charge >= 0.3 is 0 Å². The first kappa shape index (κ1) is 21.9. The van der Waals surface area contributed by atoms with Gasteiger partial charge in [-0.2, -0.15) is 4.37 Å². The summed E-state index contributed by atoms with van der Waals surface area (Å²) in [6.45, 7) is 4.51. The fourth-order valence-electron chi connectivity index (χ4n) is 3.01. The summed E-state index contributed by atoms with van der Waals surface area (Å²) < 4.78 is 4.54. The van der Waals surface area contributed by atoms with Crippen LogP contribution in [0.3, 0.4) is 0 Å². The van der Waals surface area contributed by atoms with Crippen LogP contribution in [0.5, 0.6) is 0 Å². The van der Waals surface area contributed by atoms with Crippen LogP contribution in [0.2, 0.25) is 0 Å². The molecule has 0 spiro atoms. The monoisotopic (exact) mass is 424 g/mol. The summed E-state index contributed by atoms with van der Waals surface area (Å²) in [5.41, 5.74) is 3.56. The third-order valence-corrected chi connectivity index (χ3v) is 5.52. The second-order valence-corrected chi connectivity index (χ2v) is 8.53. The van der Waals surface area contributed by atoms with Crippen LogP contribution in [0.4, 0.5) is 5.13 Å². The van der Waals surface area contributed by atoms with E-state index < -0.39 is 0 Å². The molecule has 3 rings (SSSR count). The third-order valence-electron chi connectivity index (χ3n) is 4.71. The standard InChI is InChI=1S/C23H29N5OS/c1-18-9-11-19(12-10-18)15-21-25-23(30-26-21)28(16-20-7-5-4-6-8-20)17-22(29)24-13-14-27(2)3/h4-12H,13-17H2,1-3H3,(H,24,29)/p+1. The molecule has 2 aromatic carbocycles. The fraction of sp³-hybridized carbons (Fsp3) is 0.348. The average Bonchev–Trinajstić information content (AvgIpc) is 3.18. The van der Waals surface area contributed by atoms with Gasteiger partial charge < -0.3 is 15.1 Å². The molecule has 1 aromatic heterocycles. The lowest BCUT2D eigenvalue weighted by atomic mass is 10.1. The van der Waals surface area contributed by atoms with Crippen LogP contribution in [-0.4, -0.2) is 49.0 Å². The van der Waals surface area contributed by atoms with Crippen LogP contribution in [0, 0.1) is 6.92 Å². The molecule has 0 unspecified atom stereocenters. The van der Waals surface area contributed by atoms with Crippen LogP contribution in [0.15, 0.2) is 54.6 Å². The van der Waals surface area contributed by atoms with Gasteiger partial charge in [-0.05, 0) is 18.1 Å². The number of hydrogen-bond donors (Lipinski definition) is 2. The molecular weight excluding hydrogens is 394 g/mol. The van der Waals surface area contributed by atoms with Crippen LogP contribution in [-0.2, 0) is 17.8 Å². The number of amides is 1. The molecule has 0 radical (unpaired) electrons. The molecule has 1 heterocycles. The smallest absolute Gasteiger partial charge is 0.239 e. The van der Waals surface area contributed by atoms with Gasteiger partial charge in [0, 0.05) is 24.5 Å². The number of carbonyl (C=O) groups excluding carboxylic acids is 1. The minimum atomic E-state index is 0.00228. The van der Waals surface area contributed by atoms with E-state index >= 15 is 0 Å². The van der Waals surface area contributed by atoms with E-state index in [1.165, 1.54) is 27.6 Å². The van der Waals surface area contributed by atoms with Crippen molar-refractivity contribution in [3.63, 3.8) is 0 Å². The van der Waals surface area contributed by atoms with Crippen molar-refractivity contribution < 1.29 is 9.69 Å². The Morgan fingerprint density at radius 3 is 2.50 bits per heavy atom. The molecule has 0 bridgehead atoms. The number of anilines is 1. The molecule has 30 heavy (non-hydrogen) atoms. The summed E-state index contributed by atoms with van der Waals surface area (Å²) in [6.07, 6.45) is 0.688. The topological polar surface area (TPSA) is 62.6 Å². The first-order chi connectivity index (χ1) is 14.5. The lowest BCUT2D eigenvalue weighted by Crippen LogP contribution is -3.06. The Labute approximate surface area is 182 Å². The number of nitrogens with zero attached hydrogens (tertiary/aromatic N) is 3. The van der Waals surface area contributed by atoms with E-state index in [1.807, 2.05) is 23.1 Å². The number of hydrogen-bond acceptors (Lipinski definition) is 5. The molecule has 0 saturated heterocycles. The van der Waals surface area contributed by atoms with Crippen LogP contribution in [0.1, 0.15) is 22.5 Å². The second kappa shape index (κ2) is 10.8. The lowest BCUT2D eigenvalue weighted by Gasteiger charge is -2.21. The second-order valence-electron chi connectivity index (χ2n) is 7.80. The summed E-state index contributed by atoms with van der Waals surface area (Å²) in [4.78, 5) is 20.6. The van der Waals surface area contributed by atoms with E-state index in [0.717, 1.165) is 23.1 Å². The molecule has 7 heteroatoms. The Bertz CT molecular complexity index is 924. The maximum absolute atomic E-state index is 12.5. The summed E-state index contributed by atoms with van der Waals surface area (Å²) >= 11 is 1.35. The molecule has 1 amide bonds. The van der Waals surface area contributed by atoms with E-state index in [-0.39, 0.29) is 12.5 Å². The fourth-order valence-corrected chi connectivity index (χ4v) is 3.69. The summed E-state index contributed by atoms with van der Waals surface area (Å²) in [5.74, 6) is 0.788. The number of carbonyl (C=O) groups is 1. The zero-order valence-corrected chi connectivity index (χ0v) is 18.7. The lowest BCUT2D eigenvalue weighted by molar-refractivity contribution is -0.856. The Morgan fingerprint density at radius 1 is 1.07 bits per heavy atom. The molecule has 0 aliphatic carbocycles. The SMILES string of the molecule is Cc1ccc(Cc2nsc(N(CC(=O)NCC[NH+](C)C)Cc3ccccc3)n2)cc1. The Morgan fingerprint density at radius 2 is 1.80 bits per heavy atom. The zero-order valence-electron chi connectivity index (χ0n) is 17.9. The molecule has 3 aromatic rings. The molecular formula is C23H30N5OS+. The molecule has 0 aliphatic heterocycles. The number of rotatable bonds is 10. The van der Waals surface area contributed by atoms with Crippen molar-refractivity contribution in [3.8, 4) is 0 Å². The van der Waals surface area contributed by atoms with Crippen molar-refractivity contribution in [1.82, 2.24) is 14.7 Å². The third kappa shape index (κ3) is 6.93. The summed E-state index contributed by atoms with van der Waals surface area (Å²) in [7, 11) is 4.15. The number of benzene rings is 2. The molecule has 0 fully saturated rings. The highest BCUT2D eigenvalue weighted by Gasteiger charge is 2.17. The van der Waals surface area contributed by atoms with Crippen LogP contribution < -0.4 is 15.1 Å². The van der Waals surface area contributed by atoms with Crippen LogP contribution in [0.25, 0.3) is 0 Å². The molecule has 158 valence electrons. The maximum atomic E-state index is 12.5. The van der Waals surface area contributed by atoms with Gasteiger partial charge in [0.1, 0.15) is 5.82 Å². The molecule has 0 aliphatic rings. The minimum absolute atomic E-state index is 0.00228. The van der Waals surface area contributed by atoms with Gasteiger partial charge in [-0.15, -0.1) is 0 Å². The van der Waals surface area contributed by atoms with Crippen molar-refractivity contribution in [2.45, 2.75) is 19.9 Å². The van der Waals surface area contributed by atoms with Gasteiger partial charge in [-0.3, -0.25) is 4.79 Å². The van der Waals surface area contributed by atoms with Crippen molar-refractivity contribution in [3.05, 3.63) is 77.1 Å². The molecule has 0 atom stereocenters. The van der Waals surface area contributed by atoms with Gasteiger partial charge in [0.15, 0.2) is 0 Å². The normalized spacial score (nSPS) is 10.9. The quantitative estimate of drug-likeness (QED) is 0.520. The highest BCUT2D eigenvalue weighted by atomic mass is 32.1. The molecule has 6 nitrogen and oxygen atoms in total. The first-order valence-corrected chi connectivity index (χ1v) is 11.0. The van der Waals surface area contributed by atoms with E-state index in [2.05, 4.69) is 67.1 Å². The maximum Gasteiger partial charge on any atom is 0.239 e. The Balaban J connectivity index is 1.70. The predicted octanol–water partition coefficient (Wildman–Crippen LogP) is 1.70. The highest BCUT2D eigenvalue weighted by Crippen LogP contribution is 2.21. The van der Waals surface area contributed by atoms with E-state index in [4.69, 9.17) is 4.98 Å². The zero-order chi connectivity index (χ0) is 21.3. The van der Waals surface area contributed by atoms with Crippen molar-refractivity contribution >= 4 is 22.6 Å². The predicted molar refractivity (Wildman–Crippen MR) is 122 cm³/mol. The van der Waals surface area contributed by atoms with Crippen molar-refractivity contribution in [1.29, 1.82) is 0 Å². The minimum Gasteiger partial charge on any atom is -0.349 e. The van der Waals surface area contributed by atoms with E-state index in [9.17, 15) is 4.79 Å². The van der Waals surface area contributed by atoms with E-state index in [0.29, 0.717) is 19.5 Å². The number of quaternary nitrogens is 1. The summed E-state index contributed by atoms with van der Waals surface area (Å²) in [5, 5.41) is 3.78. The van der Waals surface area contributed by atoms with Crippen molar-refractivity contribution in [2.24, 2.45) is 0 Å². The largest absolute Gasteiger partial charge is 0.349 e. The van der Waals surface area contributed by atoms with Gasteiger partial charge in [-0.1, -0.05) is 60.2 Å². The molecule has 2 N–H and O–H groups in total. The van der Waals surface area contributed by atoms with Gasteiger partial charge in [0.25, 0.3) is 0 Å². The van der Waals surface area contributed by atoms with E-state index in [1.54, 1.807) is 0 Å². The first-order valence-electron chi connectivity index (χ1n) is 10.2. The molecule has 0 saturated carbocycles. The average molecular weight is 425 g/mol. The number of nitrogens with one attached hydrogen (secondary N) is 2.